The smallest absolute Gasteiger partial charge is 0.146 e. The number of aryl methyl sites for hydroxylation is 1. The predicted octanol–water partition coefficient (Wildman–Crippen LogP) is 3.10. The Balaban J connectivity index is 2.06. The van der Waals surface area contributed by atoms with Gasteiger partial charge in [0.25, 0.3) is 0 Å². The zero-order valence-electron chi connectivity index (χ0n) is 10.4. The molecule has 2 aromatic rings. The summed E-state index contributed by atoms with van der Waals surface area (Å²) >= 11 is 0. The lowest BCUT2D eigenvalue weighted by Crippen LogP contribution is -2.22. The van der Waals surface area contributed by atoms with Crippen LogP contribution in [0.2, 0.25) is 0 Å². The average molecular weight is 248 g/mol. The number of furan rings is 1. The van der Waals surface area contributed by atoms with Gasteiger partial charge in [-0.2, -0.15) is 0 Å². The molecule has 3 nitrogen and oxygen atoms in total. The van der Waals surface area contributed by atoms with E-state index >= 15 is 0 Å². The molecule has 2 heterocycles. The van der Waals surface area contributed by atoms with Gasteiger partial charge in [-0.1, -0.05) is 6.92 Å². The van der Waals surface area contributed by atoms with Crippen LogP contribution in [0.3, 0.4) is 0 Å². The van der Waals surface area contributed by atoms with Gasteiger partial charge >= 0.3 is 0 Å². The molecule has 1 atom stereocenters. The maximum absolute atomic E-state index is 13.7. The highest BCUT2D eigenvalue weighted by Gasteiger charge is 2.15. The first kappa shape index (κ1) is 12.8. The van der Waals surface area contributed by atoms with Crippen molar-refractivity contribution in [1.82, 2.24) is 10.3 Å². The van der Waals surface area contributed by atoms with Crippen molar-refractivity contribution < 1.29 is 8.81 Å². The molecule has 0 aliphatic carbocycles. The largest absolute Gasteiger partial charge is 0.469 e. The fraction of sp³-hybridized carbons (Fsp3) is 0.357. The van der Waals surface area contributed by atoms with Crippen LogP contribution >= 0.6 is 0 Å². The summed E-state index contributed by atoms with van der Waals surface area (Å²) in [5.41, 5.74) is 0.665. The van der Waals surface area contributed by atoms with Crippen molar-refractivity contribution in [2.75, 3.05) is 6.54 Å². The first-order chi connectivity index (χ1) is 8.81. The summed E-state index contributed by atoms with van der Waals surface area (Å²) in [6.45, 7) is 2.81. The van der Waals surface area contributed by atoms with E-state index in [2.05, 4.69) is 10.3 Å². The number of halogens is 1. The van der Waals surface area contributed by atoms with Gasteiger partial charge in [-0.25, -0.2) is 4.39 Å². The second kappa shape index (κ2) is 6.31. The summed E-state index contributed by atoms with van der Waals surface area (Å²) in [6, 6.07) is 5.52. The van der Waals surface area contributed by atoms with E-state index in [1.807, 2.05) is 19.1 Å². The van der Waals surface area contributed by atoms with E-state index in [0.29, 0.717) is 5.56 Å². The number of nitrogens with zero attached hydrogens (tertiary/aromatic N) is 1. The summed E-state index contributed by atoms with van der Waals surface area (Å²) in [5, 5.41) is 3.29. The van der Waals surface area contributed by atoms with E-state index < -0.39 is 0 Å². The molecular weight excluding hydrogens is 231 g/mol. The molecule has 4 heteroatoms. The Bertz CT molecular complexity index is 470. The Kier molecular flexibility index (Phi) is 4.47. The number of pyridine rings is 1. The number of aromatic nitrogens is 1. The van der Waals surface area contributed by atoms with E-state index in [9.17, 15) is 4.39 Å². The van der Waals surface area contributed by atoms with E-state index in [0.717, 1.165) is 25.1 Å². The molecule has 0 aliphatic rings. The second-order valence-electron chi connectivity index (χ2n) is 4.13. The maximum atomic E-state index is 13.7. The molecule has 0 fully saturated rings. The Hall–Kier alpha value is -1.68. The van der Waals surface area contributed by atoms with Crippen LogP contribution in [-0.2, 0) is 6.42 Å². The summed E-state index contributed by atoms with van der Waals surface area (Å²) in [7, 11) is 0. The van der Waals surface area contributed by atoms with E-state index in [1.165, 1.54) is 6.20 Å². The minimum Gasteiger partial charge on any atom is -0.469 e. The van der Waals surface area contributed by atoms with Crippen molar-refractivity contribution in [3.05, 3.63) is 54.0 Å². The Morgan fingerprint density at radius 1 is 1.44 bits per heavy atom. The van der Waals surface area contributed by atoms with Gasteiger partial charge in [-0.3, -0.25) is 4.98 Å². The molecule has 0 aliphatic heterocycles. The van der Waals surface area contributed by atoms with Gasteiger partial charge < -0.3 is 9.73 Å². The number of hydrogen-bond donors (Lipinski definition) is 1. The molecule has 2 aromatic heterocycles. The summed E-state index contributed by atoms with van der Waals surface area (Å²) in [5.74, 6) is 0.662. The molecule has 0 radical (unpaired) electrons. The zero-order chi connectivity index (χ0) is 12.8. The number of nitrogens with one attached hydrogen (secondary N) is 1. The zero-order valence-corrected chi connectivity index (χ0v) is 10.4. The molecule has 1 N–H and O–H groups in total. The molecule has 0 amide bonds. The quantitative estimate of drug-likeness (QED) is 0.853. The first-order valence-electron chi connectivity index (χ1n) is 6.16. The van der Waals surface area contributed by atoms with Crippen molar-refractivity contribution in [1.29, 1.82) is 0 Å². The predicted molar refractivity (Wildman–Crippen MR) is 67.6 cm³/mol. The third-order valence-electron chi connectivity index (χ3n) is 2.89. The van der Waals surface area contributed by atoms with Crippen LogP contribution in [-0.4, -0.2) is 11.5 Å². The minimum absolute atomic E-state index is 0.0110. The van der Waals surface area contributed by atoms with Crippen LogP contribution in [0.5, 0.6) is 0 Å². The summed E-state index contributed by atoms with van der Waals surface area (Å²) in [6.07, 6.45) is 6.11. The molecular formula is C14H17FN2O. The van der Waals surface area contributed by atoms with E-state index in [4.69, 9.17) is 4.42 Å². The van der Waals surface area contributed by atoms with Crippen molar-refractivity contribution in [2.45, 2.75) is 25.8 Å². The SMILES string of the molecule is CCNC(CCc1ccco1)c1ccncc1F. The molecule has 0 spiro atoms. The molecule has 2 rings (SSSR count). The molecule has 0 saturated carbocycles. The monoisotopic (exact) mass is 248 g/mol. The van der Waals surface area contributed by atoms with Gasteiger partial charge in [0.1, 0.15) is 11.6 Å². The fourth-order valence-electron chi connectivity index (χ4n) is 2.02. The first-order valence-corrected chi connectivity index (χ1v) is 6.16. The van der Waals surface area contributed by atoms with Gasteiger partial charge in [0.15, 0.2) is 0 Å². The normalized spacial score (nSPS) is 12.6. The van der Waals surface area contributed by atoms with Gasteiger partial charge in [-0.05, 0) is 31.2 Å². The fourth-order valence-corrected chi connectivity index (χ4v) is 2.02. The van der Waals surface area contributed by atoms with Crippen LogP contribution in [0.4, 0.5) is 4.39 Å². The van der Waals surface area contributed by atoms with Crippen molar-refractivity contribution in [3.8, 4) is 0 Å². The average Bonchev–Trinajstić information content (AvgIpc) is 2.88. The van der Waals surface area contributed by atoms with Crippen LogP contribution < -0.4 is 5.32 Å². The maximum Gasteiger partial charge on any atom is 0.146 e. The Morgan fingerprint density at radius 3 is 3.00 bits per heavy atom. The standard InChI is InChI=1S/C14H17FN2O/c1-2-17-14(6-5-11-4-3-9-18-11)12-7-8-16-10-13(12)15/h3-4,7-10,14,17H,2,5-6H2,1H3. The molecule has 96 valence electrons. The van der Waals surface area contributed by atoms with Crippen LogP contribution in [0.1, 0.15) is 30.7 Å². The highest BCUT2D eigenvalue weighted by molar-refractivity contribution is 5.17. The Labute approximate surface area is 106 Å². The highest BCUT2D eigenvalue weighted by atomic mass is 19.1. The van der Waals surface area contributed by atoms with Gasteiger partial charge in [0, 0.05) is 24.2 Å². The lowest BCUT2D eigenvalue weighted by atomic mass is 10.0. The van der Waals surface area contributed by atoms with Crippen LogP contribution in [0.15, 0.2) is 41.3 Å². The molecule has 18 heavy (non-hydrogen) atoms. The summed E-state index contributed by atoms with van der Waals surface area (Å²) in [4.78, 5) is 3.78. The second-order valence-corrected chi connectivity index (χ2v) is 4.13. The number of hydrogen-bond acceptors (Lipinski definition) is 3. The van der Waals surface area contributed by atoms with E-state index in [-0.39, 0.29) is 11.9 Å². The Morgan fingerprint density at radius 2 is 2.33 bits per heavy atom. The summed E-state index contributed by atoms with van der Waals surface area (Å²) < 4.78 is 19.0. The minimum atomic E-state index is -0.261. The van der Waals surface area contributed by atoms with Gasteiger partial charge in [0.05, 0.1) is 12.5 Å². The topological polar surface area (TPSA) is 38.1 Å². The number of rotatable bonds is 6. The van der Waals surface area contributed by atoms with Crippen LogP contribution in [0.25, 0.3) is 0 Å². The van der Waals surface area contributed by atoms with Crippen molar-refractivity contribution >= 4 is 0 Å². The molecule has 0 bridgehead atoms. The van der Waals surface area contributed by atoms with Crippen molar-refractivity contribution in [2.24, 2.45) is 0 Å². The third kappa shape index (κ3) is 3.17. The third-order valence-corrected chi connectivity index (χ3v) is 2.89. The molecule has 0 aromatic carbocycles. The highest BCUT2D eigenvalue weighted by Crippen LogP contribution is 2.21. The van der Waals surface area contributed by atoms with Gasteiger partial charge in [0.2, 0.25) is 0 Å². The van der Waals surface area contributed by atoms with Crippen LogP contribution in [0, 0.1) is 5.82 Å². The molecule has 0 saturated heterocycles. The lowest BCUT2D eigenvalue weighted by molar-refractivity contribution is 0.446. The van der Waals surface area contributed by atoms with Crippen molar-refractivity contribution in [3.63, 3.8) is 0 Å². The van der Waals surface area contributed by atoms with Gasteiger partial charge in [-0.15, -0.1) is 0 Å². The lowest BCUT2D eigenvalue weighted by Gasteiger charge is -2.18. The van der Waals surface area contributed by atoms with E-state index in [1.54, 1.807) is 18.5 Å². The molecule has 1 unspecified atom stereocenters.